The number of benzene rings is 1. The van der Waals surface area contributed by atoms with Crippen molar-refractivity contribution >= 4 is 10.9 Å². The molecule has 1 aromatic carbocycles. The Morgan fingerprint density at radius 3 is 2.82 bits per heavy atom. The molecule has 1 fully saturated rings. The van der Waals surface area contributed by atoms with Gasteiger partial charge in [0.2, 0.25) is 0 Å². The van der Waals surface area contributed by atoms with Crippen molar-refractivity contribution < 1.29 is 0 Å². The third kappa shape index (κ3) is 2.21. The van der Waals surface area contributed by atoms with Crippen LogP contribution in [0.25, 0.3) is 10.9 Å². The largest absolute Gasteiger partial charge is 0.357 e. The van der Waals surface area contributed by atoms with E-state index >= 15 is 0 Å². The molecule has 0 spiro atoms. The van der Waals surface area contributed by atoms with Crippen LogP contribution in [-0.2, 0) is 6.54 Å². The van der Waals surface area contributed by atoms with Crippen molar-refractivity contribution in [2.24, 2.45) is 0 Å². The summed E-state index contributed by atoms with van der Waals surface area (Å²) >= 11 is 0. The average molecular weight is 229 g/mol. The van der Waals surface area contributed by atoms with Crippen LogP contribution in [0.3, 0.4) is 0 Å². The second-order valence-electron chi connectivity index (χ2n) is 4.86. The number of aryl methyl sites for hydroxylation is 1. The molecule has 2 N–H and O–H groups in total. The van der Waals surface area contributed by atoms with Crippen LogP contribution >= 0.6 is 0 Å². The molecule has 90 valence electrons. The number of hydrogen-bond acceptors (Lipinski definition) is 2. The maximum absolute atomic E-state index is 3.52. The Kier molecular flexibility index (Phi) is 2.87. The number of H-pyrrole nitrogens is 1. The summed E-state index contributed by atoms with van der Waals surface area (Å²) in [7, 11) is 0. The summed E-state index contributed by atoms with van der Waals surface area (Å²) in [4.78, 5) is 6.02. The fourth-order valence-corrected chi connectivity index (χ4v) is 2.56. The second kappa shape index (κ2) is 4.51. The number of hydrogen-bond donors (Lipinski definition) is 2. The number of nitrogens with one attached hydrogen (secondary N) is 2. The number of fused-ring (bicyclic) bond motifs is 1. The van der Waals surface area contributed by atoms with Crippen molar-refractivity contribution in [1.29, 1.82) is 0 Å². The first-order valence-electron chi connectivity index (χ1n) is 6.33. The normalized spacial score (nSPS) is 17.7. The van der Waals surface area contributed by atoms with E-state index in [1.165, 1.54) is 22.2 Å². The minimum absolute atomic E-state index is 1.04. The van der Waals surface area contributed by atoms with Crippen LogP contribution in [0.15, 0.2) is 24.3 Å². The summed E-state index contributed by atoms with van der Waals surface area (Å²) < 4.78 is 0. The number of aromatic nitrogens is 1. The molecule has 2 heterocycles. The Hall–Kier alpha value is -1.32. The second-order valence-corrected chi connectivity index (χ2v) is 4.86. The minimum Gasteiger partial charge on any atom is -0.357 e. The van der Waals surface area contributed by atoms with E-state index in [0.717, 1.165) is 32.7 Å². The van der Waals surface area contributed by atoms with Crippen LogP contribution in [0.5, 0.6) is 0 Å². The van der Waals surface area contributed by atoms with E-state index in [9.17, 15) is 0 Å². The van der Waals surface area contributed by atoms with Gasteiger partial charge in [-0.05, 0) is 24.6 Å². The third-order valence-electron chi connectivity index (χ3n) is 3.54. The quantitative estimate of drug-likeness (QED) is 0.824. The number of rotatable bonds is 2. The molecular weight excluding hydrogens is 210 g/mol. The van der Waals surface area contributed by atoms with Gasteiger partial charge < -0.3 is 10.3 Å². The molecule has 0 amide bonds. The van der Waals surface area contributed by atoms with Gasteiger partial charge in [-0.25, -0.2) is 0 Å². The molecule has 1 aliphatic heterocycles. The molecular formula is C14H19N3. The highest BCUT2D eigenvalue weighted by atomic mass is 15.2. The Bertz CT molecular complexity index is 509. The molecule has 0 bridgehead atoms. The van der Waals surface area contributed by atoms with Crippen molar-refractivity contribution in [3.05, 3.63) is 35.5 Å². The standard InChI is InChI=1S/C14H19N3/c1-11-3-2-4-14-13(11)9-12(16-14)10-17-7-5-15-6-8-17/h2-4,9,15-16H,5-8,10H2,1H3. The molecule has 0 unspecified atom stereocenters. The first kappa shape index (κ1) is 10.8. The molecule has 0 radical (unpaired) electrons. The van der Waals surface area contributed by atoms with Gasteiger partial charge >= 0.3 is 0 Å². The van der Waals surface area contributed by atoms with E-state index in [1.54, 1.807) is 0 Å². The molecule has 1 aromatic heterocycles. The lowest BCUT2D eigenvalue weighted by Crippen LogP contribution is -2.42. The summed E-state index contributed by atoms with van der Waals surface area (Å²) in [6.07, 6.45) is 0. The molecule has 0 atom stereocenters. The van der Waals surface area contributed by atoms with Crippen LogP contribution in [0.4, 0.5) is 0 Å². The smallest absolute Gasteiger partial charge is 0.0459 e. The lowest BCUT2D eigenvalue weighted by Gasteiger charge is -2.26. The van der Waals surface area contributed by atoms with Gasteiger partial charge in [-0.15, -0.1) is 0 Å². The highest BCUT2D eigenvalue weighted by molar-refractivity contribution is 5.83. The van der Waals surface area contributed by atoms with Crippen LogP contribution in [0, 0.1) is 6.92 Å². The Balaban J connectivity index is 1.83. The summed E-state index contributed by atoms with van der Waals surface area (Å²) in [6.45, 7) is 7.72. The monoisotopic (exact) mass is 229 g/mol. The number of nitrogens with zero attached hydrogens (tertiary/aromatic N) is 1. The van der Waals surface area contributed by atoms with Crippen LogP contribution in [-0.4, -0.2) is 36.1 Å². The maximum Gasteiger partial charge on any atom is 0.0459 e. The summed E-state index contributed by atoms with van der Waals surface area (Å²) in [5, 5.41) is 4.74. The molecule has 0 saturated carbocycles. The Labute approximate surface area is 102 Å². The lowest BCUT2D eigenvalue weighted by atomic mass is 10.1. The zero-order valence-electron chi connectivity index (χ0n) is 10.3. The summed E-state index contributed by atoms with van der Waals surface area (Å²) in [6, 6.07) is 8.74. The molecule has 1 aliphatic rings. The maximum atomic E-state index is 3.52. The average Bonchev–Trinajstić information content (AvgIpc) is 2.74. The summed E-state index contributed by atoms with van der Waals surface area (Å²) in [5.41, 5.74) is 3.94. The van der Waals surface area contributed by atoms with E-state index < -0.39 is 0 Å². The van der Waals surface area contributed by atoms with E-state index in [4.69, 9.17) is 0 Å². The molecule has 3 heteroatoms. The molecule has 1 saturated heterocycles. The Morgan fingerprint density at radius 1 is 1.24 bits per heavy atom. The van der Waals surface area contributed by atoms with Gasteiger partial charge in [0.25, 0.3) is 0 Å². The topological polar surface area (TPSA) is 31.1 Å². The fraction of sp³-hybridized carbons (Fsp3) is 0.429. The molecule has 0 aliphatic carbocycles. The van der Waals surface area contributed by atoms with Gasteiger partial charge in [-0.1, -0.05) is 12.1 Å². The molecule has 17 heavy (non-hydrogen) atoms. The van der Waals surface area contributed by atoms with Gasteiger partial charge in [0.05, 0.1) is 0 Å². The van der Waals surface area contributed by atoms with Gasteiger partial charge in [-0.2, -0.15) is 0 Å². The minimum atomic E-state index is 1.04. The summed E-state index contributed by atoms with van der Waals surface area (Å²) in [5.74, 6) is 0. The van der Waals surface area contributed by atoms with Crippen molar-refractivity contribution in [3.8, 4) is 0 Å². The van der Waals surface area contributed by atoms with Crippen molar-refractivity contribution in [1.82, 2.24) is 15.2 Å². The van der Waals surface area contributed by atoms with Gasteiger partial charge in [0, 0.05) is 49.3 Å². The first-order chi connectivity index (χ1) is 8.33. The van der Waals surface area contributed by atoms with Crippen LogP contribution in [0.2, 0.25) is 0 Å². The van der Waals surface area contributed by atoms with E-state index in [-0.39, 0.29) is 0 Å². The van der Waals surface area contributed by atoms with Crippen LogP contribution in [0.1, 0.15) is 11.3 Å². The predicted molar refractivity (Wildman–Crippen MR) is 71.2 cm³/mol. The van der Waals surface area contributed by atoms with Gasteiger partial charge in [-0.3, -0.25) is 4.90 Å². The predicted octanol–water partition coefficient (Wildman–Crippen LogP) is 1.88. The van der Waals surface area contributed by atoms with Crippen molar-refractivity contribution in [2.45, 2.75) is 13.5 Å². The fourth-order valence-electron chi connectivity index (χ4n) is 2.56. The van der Waals surface area contributed by atoms with E-state index in [0.29, 0.717) is 0 Å². The lowest BCUT2D eigenvalue weighted by molar-refractivity contribution is 0.231. The third-order valence-corrected chi connectivity index (χ3v) is 3.54. The van der Waals surface area contributed by atoms with Crippen molar-refractivity contribution in [3.63, 3.8) is 0 Å². The number of piperazine rings is 1. The Morgan fingerprint density at radius 2 is 2.06 bits per heavy atom. The van der Waals surface area contributed by atoms with Crippen LogP contribution < -0.4 is 5.32 Å². The molecule has 2 aromatic rings. The molecule has 3 nitrogen and oxygen atoms in total. The zero-order valence-corrected chi connectivity index (χ0v) is 10.3. The molecule has 3 rings (SSSR count). The van der Waals surface area contributed by atoms with E-state index in [1.807, 2.05) is 0 Å². The first-order valence-corrected chi connectivity index (χ1v) is 6.33. The highest BCUT2D eigenvalue weighted by Crippen LogP contribution is 2.20. The van der Waals surface area contributed by atoms with Gasteiger partial charge in [0.1, 0.15) is 0 Å². The van der Waals surface area contributed by atoms with E-state index in [2.05, 4.69) is 46.4 Å². The zero-order chi connectivity index (χ0) is 11.7. The number of aromatic amines is 1. The SMILES string of the molecule is Cc1cccc2[nH]c(CN3CCNCC3)cc12. The van der Waals surface area contributed by atoms with Crippen molar-refractivity contribution in [2.75, 3.05) is 26.2 Å². The highest BCUT2D eigenvalue weighted by Gasteiger charge is 2.11. The van der Waals surface area contributed by atoms with Gasteiger partial charge in [0.15, 0.2) is 0 Å².